The standard InChI is InChI=1S/C7H14O2S3/c1-5(11)2-7(8)9-3-6(12)4-10/h5-6,10-12H,2-4H2,1H3. The Morgan fingerprint density at radius 3 is 2.50 bits per heavy atom. The maximum absolute atomic E-state index is 10.9. The molecular formula is C7H14O2S3. The second-order valence-electron chi connectivity index (χ2n) is 2.57. The molecule has 2 unspecified atom stereocenters. The summed E-state index contributed by atoms with van der Waals surface area (Å²) in [7, 11) is 0. The Bertz CT molecular complexity index is 139. The zero-order chi connectivity index (χ0) is 9.56. The highest BCUT2D eigenvalue weighted by Gasteiger charge is 2.08. The maximum atomic E-state index is 10.9. The van der Waals surface area contributed by atoms with Gasteiger partial charge in [-0.3, -0.25) is 4.79 Å². The van der Waals surface area contributed by atoms with E-state index in [2.05, 4.69) is 37.9 Å². The Morgan fingerprint density at radius 1 is 1.50 bits per heavy atom. The number of esters is 1. The van der Waals surface area contributed by atoms with Gasteiger partial charge in [0, 0.05) is 16.3 Å². The van der Waals surface area contributed by atoms with Gasteiger partial charge in [-0.05, 0) is 0 Å². The van der Waals surface area contributed by atoms with E-state index in [1.165, 1.54) is 0 Å². The Kier molecular flexibility index (Phi) is 7.28. The van der Waals surface area contributed by atoms with Gasteiger partial charge in [0.05, 0.1) is 6.42 Å². The number of thiol groups is 3. The highest BCUT2D eigenvalue weighted by molar-refractivity contribution is 7.84. The highest BCUT2D eigenvalue weighted by Crippen LogP contribution is 2.03. The van der Waals surface area contributed by atoms with E-state index in [0.717, 1.165) is 0 Å². The number of ether oxygens (including phenoxy) is 1. The molecule has 2 atom stereocenters. The number of hydrogen-bond donors (Lipinski definition) is 3. The van der Waals surface area contributed by atoms with Gasteiger partial charge in [0.25, 0.3) is 0 Å². The SMILES string of the molecule is CC(S)CC(=O)OCC(S)CS. The van der Waals surface area contributed by atoms with Crippen LogP contribution in [0.15, 0.2) is 0 Å². The van der Waals surface area contributed by atoms with Crippen LogP contribution >= 0.6 is 37.9 Å². The van der Waals surface area contributed by atoms with Crippen LogP contribution in [0.4, 0.5) is 0 Å². The minimum Gasteiger partial charge on any atom is -0.464 e. The van der Waals surface area contributed by atoms with E-state index in [9.17, 15) is 4.79 Å². The third-order valence-electron chi connectivity index (χ3n) is 1.11. The summed E-state index contributed by atoms with van der Waals surface area (Å²) in [6, 6.07) is 0. The minimum atomic E-state index is -0.224. The van der Waals surface area contributed by atoms with E-state index in [-0.39, 0.29) is 16.5 Å². The van der Waals surface area contributed by atoms with E-state index in [1.54, 1.807) is 0 Å². The van der Waals surface area contributed by atoms with Crippen LogP contribution in [0, 0.1) is 0 Å². The fourth-order valence-electron chi connectivity index (χ4n) is 0.542. The molecule has 0 heterocycles. The molecule has 72 valence electrons. The monoisotopic (exact) mass is 226 g/mol. The van der Waals surface area contributed by atoms with Crippen molar-refractivity contribution in [2.24, 2.45) is 0 Å². The first-order valence-corrected chi connectivity index (χ1v) is 5.35. The van der Waals surface area contributed by atoms with Crippen LogP contribution in [0.25, 0.3) is 0 Å². The molecule has 0 aromatic heterocycles. The Labute approximate surface area is 89.7 Å². The number of carbonyl (C=O) groups excluding carboxylic acids is 1. The number of hydrogen-bond acceptors (Lipinski definition) is 5. The van der Waals surface area contributed by atoms with Crippen molar-refractivity contribution in [3.8, 4) is 0 Å². The molecule has 0 rings (SSSR count). The molecule has 0 aliphatic rings. The summed E-state index contributed by atoms with van der Waals surface area (Å²) >= 11 is 12.2. The Morgan fingerprint density at radius 2 is 2.08 bits per heavy atom. The van der Waals surface area contributed by atoms with Crippen molar-refractivity contribution < 1.29 is 9.53 Å². The van der Waals surface area contributed by atoms with Crippen LogP contribution in [0.5, 0.6) is 0 Å². The molecule has 0 aromatic rings. The van der Waals surface area contributed by atoms with Crippen LogP contribution in [0.2, 0.25) is 0 Å². The number of carbonyl (C=O) groups is 1. The summed E-state index contributed by atoms with van der Waals surface area (Å²) in [5, 5.41) is 0.0689. The fraction of sp³-hybridized carbons (Fsp3) is 0.857. The van der Waals surface area contributed by atoms with Gasteiger partial charge in [0.1, 0.15) is 6.61 Å². The molecule has 12 heavy (non-hydrogen) atoms. The van der Waals surface area contributed by atoms with Crippen LogP contribution in [0.3, 0.4) is 0 Å². The summed E-state index contributed by atoms with van der Waals surface area (Å²) in [5.41, 5.74) is 0. The normalized spacial score (nSPS) is 15.3. The molecule has 0 radical (unpaired) electrons. The predicted octanol–water partition coefficient (Wildman–Crippen LogP) is 1.47. The van der Waals surface area contributed by atoms with Crippen LogP contribution in [-0.2, 0) is 9.53 Å². The smallest absolute Gasteiger partial charge is 0.306 e. The molecule has 0 spiro atoms. The largest absolute Gasteiger partial charge is 0.464 e. The van der Waals surface area contributed by atoms with Gasteiger partial charge < -0.3 is 4.74 Å². The lowest BCUT2D eigenvalue weighted by atomic mass is 10.3. The summed E-state index contributed by atoms with van der Waals surface area (Å²) in [6.45, 7) is 2.17. The van der Waals surface area contributed by atoms with Crippen molar-refractivity contribution in [3.05, 3.63) is 0 Å². The van der Waals surface area contributed by atoms with E-state index >= 15 is 0 Å². The number of rotatable bonds is 5. The molecule has 0 aromatic carbocycles. The molecule has 0 fully saturated rings. The van der Waals surface area contributed by atoms with Crippen molar-refractivity contribution in [2.45, 2.75) is 23.8 Å². The molecule has 0 N–H and O–H groups in total. The Hall–Kier alpha value is 0.520. The first kappa shape index (κ1) is 12.5. The molecule has 2 nitrogen and oxygen atoms in total. The van der Waals surface area contributed by atoms with E-state index in [1.807, 2.05) is 6.92 Å². The zero-order valence-electron chi connectivity index (χ0n) is 6.93. The Balaban J connectivity index is 3.44. The van der Waals surface area contributed by atoms with E-state index in [4.69, 9.17) is 4.74 Å². The lowest BCUT2D eigenvalue weighted by molar-refractivity contribution is -0.143. The lowest BCUT2D eigenvalue weighted by Crippen LogP contribution is -2.17. The van der Waals surface area contributed by atoms with Crippen molar-refractivity contribution in [1.29, 1.82) is 0 Å². The van der Waals surface area contributed by atoms with Crippen molar-refractivity contribution in [2.75, 3.05) is 12.4 Å². The second-order valence-corrected chi connectivity index (χ2v) is 4.55. The molecule has 0 saturated heterocycles. The van der Waals surface area contributed by atoms with Gasteiger partial charge >= 0.3 is 5.97 Å². The van der Waals surface area contributed by atoms with Gasteiger partial charge in [-0.15, -0.1) is 0 Å². The van der Waals surface area contributed by atoms with Crippen LogP contribution in [-0.4, -0.2) is 28.8 Å². The van der Waals surface area contributed by atoms with Gasteiger partial charge in [0.2, 0.25) is 0 Å². The lowest BCUT2D eigenvalue weighted by Gasteiger charge is -2.09. The van der Waals surface area contributed by atoms with Crippen LogP contribution in [0.1, 0.15) is 13.3 Å². The summed E-state index contributed by atoms with van der Waals surface area (Å²) in [6.07, 6.45) is 0.343. The molecular weight excluding hydrogens is 212 g/mol. The zero-order valence-corrected chi connectivity index (χ0v) is 9.62. The topological polar surface area (TPSA) is 26.3 Å². The van der Waals surface area contributed by atoms with Crippen molar-refractivity contribution >= 4 is 43.9 Å². The first-order valence-electron chi connectivity index (χ1n) is 3.69. The maximum Gasteiger partial charge on any atom is 0.306 e. The molecule has 0 bridgehead atoms. The van der Waals surface area contributed by atoms with E-state index < -0.39 is 0 Å². The molecule has 0 aliphatic carbocycles. The molecule has 0 saturated carbocycles. The van der Waals surface area contributed by atoms with Crippen molar-refractivity contribution in [1.82, 2.24) is 0 Å². The van der Waals surface area contributed by atoms with Gasteiger partial charge in [0.15, 0.2) is 0 Å². The van der Waals surface area contributed by atoms with E-state index in [0.29, 0.717) is 18.8 Å². The minimum absolute atomic E-state index is 0.0208. The molecule has 0 aliphatic heterocycles. The third kappa shape index (κ3) is 7.18. The third-order valence-corrected chi connectivity index (χ3v) is 2.35. The van der Waals surface area contributed by atoms with Gasteiger partial charge in [-0.2, -0.15) is 37.9 Å². The van der Waals surface area contributed by atoms with Gasteiger partial charge in [-0.25, -0.2) is 0 Å². The van der Waals surface area contributed by atoms with Crippen molar-refractivity contribution in [3.63, 3.8) is 0 Å². The highest BCUT2D eigenvalue weighted by atomic mass is 32.1. The summed E-state index contributed by atoms with van der Waals surface area (Å²) in [5.74, 6) is 0.380. The second kappa shape index (κ2) is 6.97. The first-order chi connectivity index (χ1) is 5.56. The summed E-state index contributed by atoms with van der Waals surface area (Å²) < 4.78 is 4.89. The predicted molar refractivity (Wildman–Crippen MR) is 60.7 cm³/mol. The quantitative estimate of drug-likeness (QED) is 0.489. The van der Waals surface area contributed by atoms with Gasteiger partial charge in [-0.1, -0.05) is 6.92 Å². The molecule has 0 amide bonds. The summed E-state index contributed by atoms with van der Waals surface area (Å²) in [4.78, 5) is 10.9. The average Bonchev–Trinajstić information content (AvgIpc) is 1.99. The fourth-order valence-corrected chi connectivity index (χ4v) is 0.871. The van der Waals surface area contributed by atoms with Crippen LogP contribution < -0.4 is 0 Å². The average molecular weight is 226 g/mol. The molecule has 5 heteroatoms.